The molecule has 3 unspecified atom stereocenters. The van der Waals surface area contributed by atoms with E-state index in [2.05, 4.69) is 6.58 Å². The minimum Gasteiger partial charge on any atom is -0.435 e. The van der Waals surface area contributed by atoms with Gasteiger partial charge in [-0.25, -0.2) is 4.79 Å². The Balaban J connectivity index is 1.52. The molecule has 0 radical (unpaired) electrons. The van der Waals surface area contributed by atoms with Crippen LogP contribution < -0.4 is 0 Å². The molecule has 2 bridgehead atoms. The van der Waals surface area contributed by atoms with Crippen molar-refractivity contribution in [3.8, 4) is 0 Å². The molecular weight excluding hydrogens is 260 g/mol. The van der Waals surface area contributed by atoms with E-state index < -0.39 is 5.97 Å². The minimum absolute atomic E-state index is 0.00395. The quantitative estimate of drug-likeness (QED) is 0.281. The number of esters is 1. The van der Waals surface area contributed by atoms with E-state index in [0.29, 0.717) is 12.5 Å². The van der Waals surface area contributed by atoms with Gasteiger partial charge in [-0.2, -0.15) is 0 Å². The molecule has 0 amide bonds. The number of hydrogen-bond donors (Lipinski definition) is 0. The van der Waals surface area contributed by atoms with E-state index in [4.69, 9.17) is 18.9 Å². The Kier molecular flexibility index (Phi) is 6.01. The van der Waals surface area contributed by atoms with Crippen molar-refractivity contribution < 1.29 is 23.7 Å². The lowest BCUT2D eigenvalue weighted by molar-refractivity contribution is -0.154. The summed E-state index contributed by atoms with van der Waals surface area (Å²) in [5.41, 5.74) is 0.269. The predicted octanol–water partition coefficient (Wildman–Crippen LogP) is 2.12. The first-order chi connectivity index (χ1) is 9.70. The third kappa shape index (κ3) is 4.30. The molecule has 20 heavy (non-hydrogen) atoms. The molecule has 0 spiro atoms. The Morgan fingerprint density at radius 1 is 1.20 bits per heavy atom. The molecule has 0 aromatic carbocycles. The third-order valence-electron chi connectivity index (χ3n) is 4.26. The molecule has 2 rings (SSSR count). The zero-order valence-corrected chi connectivity index (χ0v) is 12.1. The van der Waals surface area contributed by atoms with Crippen molar-refractivity contribution in [1.29, 1.82) is 0 Å². The van der Waals surface area contributed by atoms with Gasteiger partial charge in [0.05, 0.1) is 18.8 Å². The predicted molar refractivity (Wildman–Crippen MR) is 72.8 cm³/mol. The SMILES string of the molecule is C=C(COCOC)C(=O)OCOCC1CC2CCC1C2. The summed E-state index contributed by atoms with van der Waals surface area (Å²) in [7, 11) is 1.52. The van der Waals surface area contributed by atoms with Gasteiger partial charge in [0.2, 0.25) is 0 Å². The molecule has 0 saturated heterocycles. The van der Waals surface area contributed by atoms with Gasteiger partial charge in [0.15, 0.2) is 6.79 Å². The second-order valence-electron chi connectivity index (χ2n) is 5.71. The Bertz CT molecular complexity index is 341. The first-order valence-electron chi connectivity index (χ1n) is 7.20. The highest BCUT2D eigenvalue weighted by atomic mass is 16.7. The maximum Gasteiger partial charge on any atom is 0.337 e. The topological polar surface area (TPSA) is 54.0 Å². The normalized spacial score (nSPS) is 27.8. The summed E-state index contributed by atoms with van der Waals surface area (Å²) >= 11 is 0. The molecule has 0 heterocycles. The van der Waals surface area contributed by atoms with E-state index in [1.54, 1.807) is 0 Å². The van der Waals surface area contributed by atoms with Crippen molar-refractivity contribution in [2.45, 2.75) is 25.7 Å². The molecule has 2 aliphatic rings. The first kappa shape index (κ1) is 15.5. The summed E-state index contributed by atoms with van der Waals surface area (Å²) in [4.78, 5) is 11.5. The molecule has 0 aliphatic heterocycles. The molecule has 5 nitrogen and oxygen atoms in total. The minimum atomic E-state index is -0.478. The van der Waals surface area contributed by atoms with Crippen molar-refractivity contribution in [3.63, 3.8) is 0 Å². The van der Waals surface area contributed by atoms with Crippen molar-refractivity contribution in [2.24, 2.45) is 17.8 Å². The Morgan fingerprint density at radius 2 is 2.05 bits per heavy atom. The van der Waals surface area contributed by atoms with Gasteiger partial charge in [-0.15, -0.1) is 0 Å². The third-order valence-corrected chi connectivity index (χ3v) is 4.26. The van der Waals surface area contributed by atoms with Gasteiger partial charge >= 0.3 is 5.97 Å². The first-order valence-corrected chi connectivity index (χ1v) is 7.20. The number of rotatable bonds is 9. The largest absolute Gasteiger partial charge is 0.435 e. The fraction of sp³-hybridized carbons (Fsp3) is 0.800. The van der Waals surface area contributed by atoms with Crippen LogP contribution in [0.4, 0.5) is 0 Å². The number of carbonyl (C=O) groups is 1. The highest BCUT2D eigenvalue weighted by Crippen LogP contribution is 2.48. The number of ether oxygens (including phenoxy) is 4. The van der Waals surface area contributed by atoms with E-state index in [-0.39, 0.29) is 25.8 Å². The van der Waals surface area contributed by atoms with Gasteiger partial charge in [-0.05, 0) is 37.0 Å². The van der Waals surface area contributed by atoms with Gasteiger partial charge in [0.1, 0.15) is 6.79 Å². The van der Waals surface area contributed by atoms with E-state index in [0.717, 1.165) is 11.8 Å². The van der Waals surface area contributed by atoms with Crippen molar-refractivity contribution >= 4 is 5.97 Å². The van der Waals surface area contributed by atoms with Crippen molar-refractivity contribution in [2.75, 3.05) is 33.9 Å². The molecule has 2 fully saturated rings. The van der Waals surface area contributed by atoms with E-state index in [1.807, 2.05) is 0 Å². The molecule has 3 atom stereocenters. The lowest BCUT2D eigenvalue weighted by Crippen LogP contribution is -2.19. The van der Waals surface area contributed by atoms with Crippen molar-refractivity contribution in [3.05, 3.63) is 12.2 Å². The second kappa shape index (κ2) is 7.76. The smallest absolute Gasteiger partial charge is 0.337 e. The fourth-order valence-corrected chi connectivity index (χ4v) is 3.28. The van der Waals surface area contributed by atoms with Crippen molar-refractivity contribution in [1.82, 2.24) is 0 Å². The summed E-state index contributed by atoms with van der Waals surface area (Å²) < 4.78 is 20.2. The molecule has 2 aliphatic carbocycles. The number of methoxy groups -OCH3 is 1. The lowest BCUT2D eigenvalue weighted by Gasteiger charge is -2.21. The highest BCUT2D eigenvalue weighted by molar-refractivity contribution is 5.87. The zero-order valence-electron chi connectivity index (χ0n) is 12.1. The van der Waals surface area contributed by atoms with Gasteiger partial charge in [-0.3, -0.25) is 0 Å². The maximum atomic E-state index is 11.5. The number of fused-ring (bicyclic) bond motifs is 2. The summed E-state index contributed by atoms with van der Waals surface area (Å²) in [5.74, 6) is 1.91. The molecule has 0 aromatic rings. The van der Waals surface area contributed by atoms with Gasteiger partial charge in [0, 0.05) is 7.11 Å². The summed E-state index contributed by atoms with van der Waals surface area (Å²) in [5, 5.41) is 0. The molecular formula is C15H24O5. The summed E-state index contributed by atoms with van der Waals surface area (Å²) in [6.07, 6.45) is 5.36. The van der Waals surface area contributed by atoms with Gasteiger partial charge in [0.25, 0.3) is 0 Å². The molecule has 0 aromatic heterocycles. The summed E-state index contributed by atoms with van der Waals surface area (Å²) in [6, 6.07) is 0. The van der Waals surface area contributed by atoms with Crippen LogP contribution in [0.2, 0.25) is 0 Å². The molecule has 0 N–H and O–H groups in total. The van der Waals surface area contributed by atoms with E-state index in [1.165, 1.54) is 32.8 Å². The van der Waals surface area contributed by atoms with E-state index >= 15 is 0 Å². The summed E-state index contributed by atoms with van der Waals surface area (Å²) in [6.45, 7) is 4.54. The molecule has 5 heteroatoms. The average molecular weight is 284 g/mol. The standard InChI is InChI=1S/C15H24O5/c1-11(7-18-9-17-2)15(16)20-10-19-8-14-6-12-3-4-13(14)5-12/h12-14H,1,3-10H2,2H3. The number of carbonyl (C=O) groups excluding carboxylic acids is 1. The Hall–Kier alpha value is -0.910. The zero-order chi connectivity index (χ0) is 14.4. The fourth-order valence-electron chi connectivity index (χ4n) is 3.28. The van der Waals surface area contributed by atoms with Crippen LogP contribution in [0.15, 0.2) is 12.2 Å². The molecule has 114 valence electrons. The van der Waals surface area contributed by atoms with Crippen LogP contribution in [0, 0.1) is 17.8 Å². The van der Waals surface area contributed by atoms with E-state index in [9.17, 15) is 4.79 Å². The Morgan fingerprint density at radius 3 is 2.70 bits per heavy atom. The number of hydrogen-bond acceptors (Lipinski definition) is 5. The van der Waals surface area contributed by atoms with Crippen LogP contribution in [-0.4, -0.2) is 39.9 Å². The average Bonchev–Trinajstić information content (AvgIpc) is 3.06. The van der Waals surface area contributed by atoms with Crippen LogP contribution in [-0.2, 0) is 23.7 Å². The Labute approximate surface area is 120 Å². The van der Waals surface area contributed by atoms with Crippen LogP contribution in [0.1, 0.15) is 25.7 Å². The van der Waals surface area contributed by atoms with Crippen LogP contribution in [0.3, 0.4) is 0 Å². The second-order valence-corrected chi connectivity index (χ2v) is 5.71. The van der Waals surface area contributed by atoms with Crippen LogP contribution in [0.5, 0.6) is 0 Å². The maximum absolute atomic E-state index is 11.5. The van der Waals surface area contributed by atoms with Gasteiger partial charge in [-0.1, -0.05) is 13.0 Å². The van der Waals surface area contributed by atoms with Crippen LogP contribution in [0.25, 0.3) is 0 Å². The lowest BCUT2D eigenvalue weighted by atomic mass is 9.90. The monoisotopic (exact) mass is 284 g/mol. The van der Waals surface area contributed by atoms with Crippen LogP contribution >= 0.6 is 0 Å². The highest BCUT2D eigenvalue weighted by Gasteiger charge is 2.39. The molecule has 2 saturated carbocycles. The van der Waals surface area contributed by atoms with Gasteiger partial charge < -0.3 is 18.9 Å².